The molecule has 5 heteroatoms. The van der Waals surface area contributed by atoms with Gasteiger partial charge in [-0.25, -0.2) is 17.5 Å². The molecule has 1 aliphatic carbocycles. The third kappa shape index (κ3) is 2.41. The highest BCUT2D eigenvalue weighted by Gasteiger charge is 2.38. The van der Waals surface area contributed by atoms with E-state index in [0.717, 1.165) is 25.0 Å². The van der Waals surface area contributed by atoms with Crippen LogP contribution in [0.1, 0.15) is 19.8 Å². The van der Waals surface area contributed by atoms with Crippen molar-refractivity contribution in [2.24, 2.45) is 5.92 Å². The van der Waals surface area contributed by atoms with E-state index >= 15 is 0 Å². The Morgan fingerprint density at radius 3 is 2.50 bits per heavy atom. The largest absolute Gasteiger partial charge is 0.240 e. The predicted octanol–water partition coefficient (Wildman–Crippen LogP) is 1.90. The standard InChI is InChI=1S/C11H14FNO2S/c1-2-8-7-11(8)13-16(14,15)10-5-3-9(12)4-6-10/h3-6,8,11,13H,2,7H2,1H3. The van der Waals surface area contributed by atoms with E-state index in [-0.39, 0.29) is 10.9 Å². The number of sulfonamides is 1. The molecule has 0 aromatic heterocycles. The van der Waals surface area contributed by atoms with Gasteiger partial charge in [-0.05, 0) is 36.6 Å². The van der Waals surface area contributed by atoms with Gasteiger partial charge in [-0.15, -0.1) is 0 Å². The first-order valence-electron chi connectivity index (χ1n) is 5.31. The fourth-order valence-electron chi connectivity index (χ4n) is 1.72. The van der Waals surface area contributed by atoms with Crippen LogP contribution in [0.15, 0.2) is 29.2 Å². The molecule has 0 saturated heterocycles. The van der Waals surface area contributed by atoms with E-state index in [2.05, 4.69) is 4.72 Å². The second-order valence-electron chi connectivity index (χ2n) is 4.09. The molecule has 3 nitrogen and oxygen atoms in total. The fraction of sp³-hybridized carbons (Fsp3) is 0.455. The Bertz CT molecular complexity index is 469. The molecule has 1 aromatic carbocycles. The van der Waals surface area contributed by atoms with E-state index < -0.39 is 15.8 Å². The second-order valence-corrected chi connectivity index (χ2v) is 5.80. The summed E-state index contributed by atoms with van der Waals surface area (Å²) in [6, 6.07) is 4.92. The third-order valence-electron chi connectivity index (χ3n) is 2.88. The normalized spacial score (nSPS) is 24.4. The molecule has 1 N–H and O–H groups in total. The minimum atomic E-state index is -3.47. The van der Waals surface area contributed by atoms with E-state index in [9.17, 15) is 12.8 Å². The van der Waals surface area contributed by atoms with Crippen LogP contribution >= 0.6 is 0 Å². The molecule has 16 heavy (non-hydrogen) atoms. The highest BCUT2D eigenvalue weighted by Crippen LogP contribution is 2.34. The van der Waals surface area contributed by atoms with Crippen molar-refractivity contribution in [2.45, 2.75) is 30.7 Å². The van der Waals surface area contributed by atoms with Crippen molar-refractivity contribution < 1.29 is 12.8 Å². The monoisotopic (exact) mass is 243 g/mol. The van der Waals surface area contributed by atoms with Crippen molar-refractivity contribution >= 4 is 10.0 Å². The first kappa shape index (κ1) is 11.5. The lowest BCUT2D eigenvalue weighted by molar-refractivity contribution is 0.575. The van der Waals surface area contributed by atoms with Crippen LogP contribution in [-0.2, 0) is 10.0 Å². The third-order valence-corrected chi connectivity index (χ3v) is 4.38. The summed E-state index contributed by atoms with van der Waals surface area (Å²) >= 11 is 0. The Hall–Kier alpha value is -0.940. The molecule has 0 spiro atoms. The van der Waals surface area contributed by atoms with Crippen LogP contribution in [0.4, 0.5) is 4.39 Å². The minimum absolute atomic E-state index is 0.0556. The Morgan fingerprint density at radius 1 is 1.38 bits per heavy atom. The molecule has 0 amide bonds. The maximum absolute atomic E-state index is 12.7. The van der Waals surface area contributed by atoms with Crippen LogP contribution in [-0.4, -0.2) is 14.5 Å². The van der Waals surface area contributed by atoms with Gasteiger partial charge in [0.2, 0.25) is 10.0 Å². The predicted molar refractivity (Wildman–Crippen MR) is 58.9 cm³/mol. The molecule has 0 aliphatic heterocycles. The molecule has 0 heterocycles. The lowest BCUT2D eigenvalue weighted by Crippen LogP contribution is -2.27. The summed E-state index contributed by atoms with van der Waals surface area (Å²) in [4.78, 5) is 0.121. The molecule has 88 valence electrons. The van der Waals surface area contributed by atoms with E-state index in [1.165, 1.54) is 12.1 Å². The first-order valence-corrected chi connectivity index (χ1v) is 6.79. The van der Waals surface area contributed by atoms with Crippen LogP contribution in [0.3, 0.4) is 0 Å². The molecule has 1 fully saturated rings. The van der Waals surface area contributed by atoms with Crippen molar-refractivity contribution in [2.75, 3.05) is 0 Å². The lowest BCUT2D eigenvalue weighted by Gasteiger charge is -2.05. The SMILES string of the molecule is CCC1CC1NS(=O)(=O)c1ccc(F)cc1. The average Bonchev–Trinajstić information content (AvgIpc) is 2.96. The molecule has 0 bridgehead atoms. The first-order chi connectivity index (χ1) is 7.53. The van der Waals surface area contributed by atoms with Crippen molar-refractivity contribution in [3.05, 3.63) is 30.1 Å². The van der Waals surface area contributed by atoms with Gasteiger partial charge in [0.05, 0.1) is 4.90 Å². The Morgan fingerprint density at radius 2 is 2.00 bits per heavy atom. The summed E-state index contributed by atoms with van der Waals surface area (Å²) in [7, 11) is -3.47. The molecule has 2 unspecified atom stereocenters. The van der Waals surface area contributed by atoms with Crippen LogP contribution < -0.4 is 4.72 Å². The van der Waals surface area contributed by atoms with Gasteiger partial charge in [-0.2, -0.15) is 0 Å². The van der Waals surface area contributed by atoms with Crippen LogP contribution in [0.2, 0.25) is 0 Å². The smallest absolute Gasteiger partial charge is 0.208 e. The average molecular weight is 243 g/mol. The molecular formula is C11H14FNO2S. The molecule has 2 rings (SSSR count). The van der Waals surface area contributed by atoms with Crippen LogP contribution in [0, 0.1) is 11.7 Å². The number of halogens is 1. The fourth-order valence-corrected chi connectivity index (χ4v) is 3.04. The Kier molecular flexibility index (Phi) is 2.99. The van der Waals surface area contributed by atoms with Gasteiger partial charge in [0.15, 0.2) is 0 Å². The summed E-state index contributed by atoms with van der Waals surface area (Å²) in [5.74, 6) is 0.0204. The molecule has 0 radical (unpaired) electrons. The van der Waals surface area contributed by atoms with Gasteiger partial charge in [0.1, 0.15) is 5.82 Å². The van der Waals surface area contributed by atoms with E-state index in [1.807, 2.05) is 6.92 Å². The number of hydrogen-bond donors (Lipinski definition) is 1. The van der Waals surface area contributed by atoms with Crippen molar-refractivity contribution in [1.29, 1.82) is 0 Å². The number of benzene rings is 1. The molecule has 1 saturated carbocycles. The Balaban J connectivity index is 2.10. The van der Waals surface area contributed by atoms with E-state index in [0.29, 0.717) is 5.92 Å². The quantitative estimate of drug-likeness (QED) is 0.878. The van der Waals surface area contributed by atoms with Crippen molar-refractivity contribution in [1.82, 2.24) is 4.72 Å². The molecule has 1 aliphatic rings. The van der Waals surface area contributed by atoms with E-state index in [1.54, 1.807) is 0 Å². The van der Waals surface area contributed by atoms with Crippen molar-refractivity contribution in [3.63, 3.8) is 0 Å². The maximum atomic E-state index is 12.7. The highest BCUT2D eigenvalue weighted by molar-refractivity contribution is 7.89. The Labute approximate surface area is 94.7 Å². The van der Waals surface area contributed by atoms with Crippen LogP contribution in [0.5, 0.6) is 0 Å². The van der Waals surface area contributed by atoms with Crippen molar-refractivity contribution in [3.8, 4) is 0 Å². The van der Waals surface area contributed by atoms with Gasteiger partial charge in [0, 0.05) is 6.04 Å². The van der Waals surface area contributed by atoms with Crippen LogP contribution in [0.25, 0.3) is 0 Å². The van der Waals surface area contributed by atoms with Gasteiger partial charge < -0.3 is 0 Å². The molecule has 2 atom stereocenters. The van der Waals surface area contributed by atoms with E-state index in [4.69, 9.17) is 0 Å². The minimum Gasteiger partial charge on any atom is -0.208 e. The summed E-state index contributed by atoms with van der Waals surface area (Å²) in [5, 5.41) is 0. The number of rotatable bonds is 4. The van der Waals surface area contributed by atoms with Gasteiger partial charge in [-0.3, -0.25) is 0 Å². The molecule has 1 aromatic rings. The summed E-state index contributed by atoms with van der Waals surface area (Å²) in [6.45, 7) is 2.04. The zero-order valence-corrected chi connectivity index (χ0v) is 9.80. The summed E-state index contributed by atoms with van der Waals surface area (Å²) in [5.41, 5.74) is 0. The highest BCUT2D eigenvalue weighted by atomic mass is 32.2. The lowest BCUT2D eigenvalue weighted by atomic mass is 10.3. The van der Waals surface area contributed by atoms with Gasteiger partial charge in [-0.1, -0.05) is 13.3 Å². The number of hydrogen-bond acceptors (Lipinski definition) is 2. The van der Waals surface area contributed by atoms with Gasteiger partial charge >= 0.3 is 0 Å². The maximum Gasteiger partial charge on any atom is 0.240 e. The summed E-state index contributed by atoms with van der Waals surface area (Å²) in [6.07, 6.45) is 1.88. The van der Waals surface area contributed by atoms with Gasteiger partial charge in [0.25, 0.3) is 0 Å². The number of nitrogens with one attached hydrogen (secondary N) is 1. The zero-order valence-electron chi connectivity index (χ0n) is 8.98. The summed E-state index contributed by atoms with van der Waals surface area (Å²) < 4.78 is 38.9. The second kappa shape index (κ2) is 4.14. The topological polar surface area (TPSA) is 46.2 Å². The zero-order chi connectivity index (χ0) is 11.8. The molecular weight excluding hydrogens is 229 g/mol.